The van der Waals surface area contributed by atoms with E-state index in [0.29, 0.717) is 11.3 Å². The summed E-state index contributed by atoms with van der Waals surface area (Å²) in [4.78, 5) is 6.54. The zero-order valence-corrected chi connectivity index (χ0v) is 11.2. The number of nitriles is 1. The number of aromatic nitrogens is 1. The van der Waals surface area contributed by atoms with Gasteiger partial charge in [-0.2, -0.15) is 5.26 Å². The van der Waals surface area contributed by atoms with Crippen molar-refractivity contribution >= 4 is 11.5 Å². The van der Waals surface area contributed by atoms with Gasteiger partial charge in [-0.3, -0.25) is 0 Å². The number of nitrogen functional groups attached to an aromatic ring is 1. The maximum absolute atomic E-state index is 9.27. The van der Waals surface area contributed by atoms with Crippen molar-refractivity contribution in [3.05, 3.63) is 53.2 Å². The molecule has 1 aliphatic rings. The molecule has 0 unspecified atom stereocenters. The molecule has 1 aromatic heterocycles. The van der Waals surface area contributed by atoms with Crippen molar-refractivity contribution in [2.75, 3.05) is 17.2 Å². The van der Waals surface area contributed by atoms with Gasteiger partial charge in [0.2, 0.25) is 0 Å². The van der Waals surface area contributed by atoms with Gasteiger partial charge in [0.05, 0.1) is 17.4 Å². The molecule has 3 rings (SSSR count). The van der Waals surface area contributed by atoms with Crippen molar-refractivity contribution in [2.45, 2.75) is 19.4 Å². The lowest BCUT2D eigenvalue weighted by atomic mass is 10.0. The number of anilines is 2. The van der Waals surface area contributed by atoms with Crippen LogP contribution in [0.2, 0.25) is 0 Å². The molecular formula is C16H16N4. The average molecular weight is 264 g/mol. The molecule has 2 aromatic rings. The normalized spacial score (nSPS) is 14.2. The second-order valence-electron chi connectivity index (χ2n) is 5.05. The van der Waals surface area contributed by atoms with Crippen LogP contribution >= 0.6 is 0 Å². The van der Waals surface area contributed by atoms with E-state index in [1.54, 1.807) is 12.3 Å². The van der Waals surface area contributed by atoms with E-state index >= 15 is 0 Å². The molecule has 20 heavy (non-hydrogen) atoms. The fourth-order valence-corrected chi connectivity index (χ4v) is 2.69. The number of nitrogens with zero attached hydrogens (tertiary/aromatic N) is 3. The molecule has 0 bridgehead atoms. The Morgan fingerprint density at radius 2 is 2.05 bits per heavy atom. The van der Waals surface area contributed by atoms with E-state index in [0.717, 1.165) is 31.7 Å². The lowest BCUT2D eigenvalue weighted by Crippen LogP contribution is -2.24. The zero-order chi connectivity index (χ0) is 13.9. The second-order valence-corrected chi connectivity index (χ2v) is 5.05. The Bertz CT molecular complexity index is 672. The standard InChI is InChI=1S/C16H16N4/c17-9-14-8-15(18)10-19-16(14)20-7-3-6-12-4-1-2-5-13(12)11-20/h1-2,4-5,8,10H,3,6-7,11,18H2. The first-order valence-electron chi connectivity index (χ1n) is 6.75. The van der Waals surface area contributed by atoms with E-state index in [2.05, 4.69) is 40.2 Å². The molecule has 0 spiro atoms. The molecule has 1 aliphatic heterocycles. The second kappa shape index (κ2) is 5.22. The van der Waals surface area contributed by atoms with Crippen LogP contribution in [0, 0.1) is 11.3 Å². The number of benzene rings is 1. The minimum Gasteiger partial charge on any atom is -0.397 e. The van der Waals surface area contributed by atoms with Gasteiger partial charge in [-0.25, -0.2) is 4.98 Å². The molecule has 2 N–H and O–H groups in total. The minimum absolute atomic E-state index is 0.528. The molecule has 0 amide bonds. The predicted molar refractivity (Wildman–Crippen MR) is 79.2 cm³/mol. The zero-order valence-electron chi connectivity index (χ0n) is 11.2. The summed E-state index contributed by atoms with van der Waals surface area (Å²) in [5.74, 6) is 0.735. The van der Waals surface area contributed by atoms with E-state index < -0.39 is 0 Å². The van der Waals surface area contributed by atoms with Crippen LogP contribution in [0.5, 0.6) is 0 Å². The minimum atomic E-state index is 0.528. The van der Waals surface area contributed by atoms with Crippen LogP contribution in [-0.4, -0.2) is 11.5 Å². The smallest absolute Gasteiger partial charge is 0.146 e. The van der Waals surface area contributed by atoms with Gasteiger partial charge in [0.15, 0.2) is 0 Å². The van der Waals surface area contributed by atoms with Gasteiger partial charge in [0.1, 0.15) is 11.9 Å². The number of hydrogen-bond donors (Lipinski definition) is 1. The molecule has 0 aliphatic carbocycles. The van der Waals surface area contributed by atoms with E-state index in [4.69, 9.17) is 5.73 Å². The lowest BCUT2D eigenvalue weighted by molar-refractivity contribution is 0.754. The lowest BCUT2D eigenvalue weighted by Gasteiger charge is -2.23. The van der Waals surface area contributed by atoms with Crippen molar-refractivity contribution in [1.29, 1.82) is 5.26 Å². The summed E-state index contributed by atoms with van der Waals surface area (Å²) in [7, 11) is 0. The fraction of sp³-hybridized carbons (Fsp3) is 0.250. The van der Waals surface area contributed by atoms with Crippen LogP contribution in [0.15, 0.2) is 36.5 Å². The Labute approximate surface area is 118 Å². The van der Waals surface area contributed by atoms with Crippen LogP contribution in [0.3, 0.4) is 0 Å². The van der Waals surface area contributed by atoms with Crippen molar-refractivity contribution in [1.82, 2.24) is 4.98 Å². The predicted octanol–water partition coefficient (Wildman–Crippen LogP) is 2.49. The third-order valence-electron chi connectivity index (χ3n) is 3.66. The largest absolute Gasteiger partial charge is 0.397 e. The third kappa shape index (κ3) is 2.30. The highest BCUT2D eigenvalue weighted by Crippen LogP contribution is 2.25. The highest BCUT2D eigenvalue weighted by molar-refractivity contribution is 5.59. The van der Waals surface area contributed by atoms with Crippen LogP contribution in [0.4, 0.5) is 11.5 Å². The van der Waals surface area contributed by atoms with Crippen molar-refractivity contribution in [3.63, 3.8) is 0 Å². The molecule has 2 heterocycles. The molecule has 0 saturated carbocycles. The molecule has 100 valence electrons. The first kappa shape index (κ1) is 12.5. The summed E-state index contributed by atoms with van der Waals surface area (Å²) < 4.78 is 0. The topological polar surface area (TPSA) is 65.9 Å². The number of fused-ring (bicyclic) bond motifs is 1. The van der Waals surface area contributed by atoms with Gasteiger partial charge in [-0.15, -0.1) is 0 Å². The average Bonchev–Trinajstić information content (AvgIpc) is 2.69. The maximum Gasteiger partial charge on any atom is 0.146 e. The molecule has 0 atom stereocenters. The highest BCUT2D eigenvalue weighted by atomic mass is 15.2. The number of hydrogen-bond acceptors (Lipinski definition) is 4. The molecule has 0 radical (unpaired) electrons. The van der Waals surface area contributed by atoms with Gasteiger partial charge in [-0.05, 0) is 30.0 Å². The molecular weight excluding hydrogens is 248 g/mol. The van der Waals surface area contributed by atoms with Gasteiger partial charge in [0.25, 0.3) is 0 Å². The van der Waals surface area contributed by atoms with Crippen LogP contribution < -0.4 is 10.6 Å². The van der Waals surface area contributed by atoms with Crippen molar-refractivity contribution in [3.8, 4) is 6.07 Å². The van der Waals surface area contributed by atoms with E-state index in [1.165, 1.54) is 11.1 Å². The fourth-order valence-electron chi connectivity index (χ4n) is 2.69. The van der Waals surface area contributed by atoms with Crippen LogP contribution in [-0.2, 0) is 13.0 Å². The Morgan fingerprint density at radius 3 is 2.85 bits per heavy atom. The SMILES string of the molecule is N#Cc1cc(N)cnc1N1CCCc2ccccc2C1. The molecule has 0 fully saturated rings. The number of aryl methyl sites for hydroxylation is 1. The third-order valence-corrected chi connectivity index (χ3v) is 3.66. The Hall–Kier alpha value is -2.54. The van der Waals surface area contributed by atoms with Gasteiger partial charge >= 0.3 is 0 Å². The Balaban J connectivity index is 1.98. The number of rotatable bonds is 1. The van der Waals surface area contributed by atoms with E-state index in [-0.39, 0.29) is 0 Å². The molecule has 1 aromatic carbocycles. The monoisotopic (exact) mass is 264 g/mol. The summed E-state index contributed by atoms with van der Waals surface area (Å²) in [6.45, 7) is 1.70. The maximum atomic E-state index is 9.27. The van der Waals surface area contributed by atoms with Crippen molar-refractivity contribution < 1.29 is 0 Å². The molecule has 4 heteroatoms. The molecule has 0 saturated heterocycles. The van der Waals surface area contributed by atoms with Gasteiger partial charge < -0.3 is 10.6 Å². The van der Waals surface area contributed by atoms with Crippen LogP contribution in [0.25, 0.3) is 0 Å². The van der Waals surface area contributed by atoms with E-state index in [9.17, 15) is 5.26 Å². The Kier molecular flexibility index (Phi) is 3.26. The van der Waals surface area contributed by atoms with E-state index in [1.807, 2.05) is 0 Å². The van der Waals surface area contributed by atoms with Gasteiger partial charge in [-0.1, -0.05) is 24.3 Å². The highest BCUT2D eigenvalue weighted by Gasteiger charge is 2.18. The van der Waals surface area contributed by atoms with Crippen LogP contribution in [0.1, 0.15) is 23.1 Å². The summed E-state index contributed by atoms with van der Waals surface area (Å²) in [6, 6.07) is 12.4. The molecule has 4 nitrogen and oxygen atoms in total. The summed E-state index contributed by atoms with van der Waals surface area (Å²) in [5, 5.41) is 9.27. The quantitative estimate of drug-likeness (QED) is 0.859. The van der Waals surface area contributed by atoms with Gasteiger partial charge in [0, 0.05) is 13.1 Å². The first-order chi connectivity index (χ1) is 9.78. The van der Waals surface area contributed by atoms with Crippen molar-refractivity contribution in [2.24, 2.45) is 0 Å². The first-order valence-corrected chi connectivity index (χ1v) is 6.75. The Morgan fingerprint density at radius 1 is 1.25 bits per heavy atom. The summed E-state index contributed by atoms with van der Waals surface area (Å²) in [6.07, 6.45) is 3.75. The number of nitrogens with two attached hydrogens (primary N) is 1. The number of pyridine rings is 1. The summed E-state index contributed by atoms with van der Waals surface area (Å²) >= 11 is 0. The summed E-state index contributed by atoms with van der Waals surface area (Å²) in [5.41, 5.74) is 9.49.